The van der Waals surface area contributed by atoms with Gasteiger partial charge < -0.3 is 45.0 Å². The van der Waals surface area contributed by atoms with Crippen molar-refractivity contribution in [1.29, 1.82) is 0 Å². The fraction of sp³-hybridized carbons (Fsp3) is 0.720. The number of anilines is 1. The average molecular weight is 638 g/mol. The molecule has 240 valence electrons. The number of rotatable bonds is 19. The molecule has 2 aromatic heterocycles. The van der Waals surface area contributed by atoms with Crippen molar-refractivity contribution in [2.75, 3.05) is 38.5 Å². The van der Waals surface area contributed by atoms with Crippen LogP contribution in [-0.4, -0.2) is 82.4 Å². The Hall–Kier alpha value is -2.39. The summed E-state index contributed by atoms with van der Waals surface area (Å²) in [5.41, 5.74) is 18.5. The van der Waals surface area contributed by atoms with E-state index in [1.165, 1.54) is 6.33 Å². The van der Waals surface area contributed by atoms with Crippen molar-refractivity contribution in [2.45, 2.75) is 72.2 Å². The molecule has 42 heavy (non-hydrogen) atoms. The monoisotopic (exact) mass is 637 g/mol. The zero-order valence-corrected chi connectivity index (χ0v) is 26.6. The zero-order chi connectivity index (χ0) is 30.6. The summed E-state index contributed by atoms with van der Waals surface area (Å²) < 4.78 is 42.2. The summed E-state index contributed by atoms with van der Waals surface area (Å²) in [5, 5.41) is 0. The van der Waals surface area contributed by atoms with Gasteiger partial charge in [-0.1, -0.05) is 27.7 Å². The van der Waals surface area contributed by atoms with Crippen LogP contribution >= 0.6 is 20.0 Å². The summed E-state index contributed by atoms with van der Waals surface area (Å²) >= 11 is 0. The lowest BCUT2D eigenvalue weighted by atomic mass is 10.1. The Morgan fingerprint density at radius 3 is 1.90 bits per heavy atom. The number of hydrogen-bond acceptors (Lipinski definition) is 14. The second-order valence-corrected chi connectivity index (χ2v) is 12.5. The molecule has 0 aromatic carbocycles. The maximum atomic E-state index is 13.5. The van der Waals surface area contributed by atoms with Gasteiger partial charge in [-0.2, -0.15) is 0 Å². The van der Waals surface area contributed by atoms with Gasteiger partial charge in [0.1, 0.15) is 43.5 Å². The van der Waals surface area contributed by atoms with Gasteiger partial charge in [0.2, 0.25) is 0 Å². The van der Waals surface area contributed by atoms with E-state index in [2.05, 4.69) is 15.0 Å². The van der Waals surface area contributed by atoms with E-state index in [1.54, 1.807) is 17.8 Å². The van der Waals surface area contributed by atoms with Gasteiger partial charge in [0.25, 0.3) is 0 Å². The number of hydrogen-bond donors (Lipinski definition) is 3. The number of ether oxygens (including phenoxy) is 3. The predicted octanol–water partition coefficient (Wildman–Crippen LogP) is 2.25. The van der Waals surface area contributed by atoms with Crippen LogP contribution in [0.2, 0.25) is 0 Å². The summed E-state index contributed by atoms with van der Waals surface area (Å²) in [6.07, 6.45) is 2.94. The minimum atomic E-state index is -3.87. The van der Waals surface area contributed by atoms with Crippen LogP contribution in [0, 0.1) is 11.8 Å². The first-order valence-corrected chi connectivity index (χ1v) is 15.3. The Labute approximate surface area is 252 Å². The maximum absolute atomic E-state index is 13.5. The number of nitrogens with two attached hydrogens (primary N) is 3. The summed E-state index contributed by atoms with van der Waals surface area (Å²) in [6.45, 7) is 9.02. The molecule has 2 heterocycles. The third-order valence-electron chi connectivity index (χ3n) is 5.69. The van der Waals surface area contributed by atoms with E-state index < -0.39 is 44.1 Å². The van der Waals surface area contributed by atoms with Gasteiger partial charge in [0.05, 0.1) is 32.2 Å². The second kappa shape index (κ2) is 18.3. The first-order chi connectivity index (χ1) is 19.3. The topological polar surface area (TPSA) is 219 Å². The summed E-state index contributed by atoms with van der Waals surface area (Å²) in [4.78, 5) is 36.5. The van der Waals surface area contributed by atoms with Crippen LogP contribution in [-0.2, 0) is 44.0 Å². The molecule has 3 atom stereocenters. The smallest absolute Gasteiger partial charge is 0.356 e. The highest BCUT2D eigenvalue weighted by atomic mass is 35.5. The number of carbonyl (C=O) groups excluding carboxylic acids is 2. The molecule has 6 N–H and O–H groups in total. The van der Waals surface area contributed by atoms with Gasteiger partial charge in [-0.3, -0.25) is 14.2 Å². The first-order valence-electron chi connectivity index (χ1n) is 13.6. The van der Waals surface area contributed by atoms with Gasteiger partial charge in [-0.25, -0.2) is 15.0 Å². The Kier molecular flexibility index (Phi) is 16.4. The summed E-state index contributed by atoms with van der Waals surface area (Å²) in [7, 11) is -3.87. The zero-order valence-electron chi connectivity index (χ0n) is 24.8. The number of imidazole rings is 1. The fourth-order valence-electron chi connectivity index (χ4n) is 3.75. The largest absolute Gasteiger partial charge is 0.462 e. The number of halogens is 1. The molecule has 0 spiro atoms. The molecule has 0 radical (unpaired) electrons. The highest BCUT2D eigenvalue weighted by Gasteiger charge is 2.28. The number of aromatic nitrogens is 4. The Morgan fingerprint density at radius 1 is 0.881 bits per heavy atom. The van der Waals surface area contributed by atoms with Crippen LogP contribution in [0.1, 0.15) is 47.5 Å². The van der Waals surface area contributed by atoms with E-state index in [0.29, 0.717) is 30.6 Å². The van der Waals surface area contributed by atoms with Gasteiger partial charge in [-0.05, 0) is 31.6 Å². The van der Waals surface area contributed by atoms with Crippen LogP contribution in [0.25, 0.3) is 11.2 Å². The van der Waals surface area contributed by atoms with Crippen LogP contribution < -0.4 is 17.2 Å². The number of fused-ring (bicyclic) bond motifs is 1. The van der Waals surface area contributed by atoms with Crippen molar-refractivity contribution in [3.63, 3.8) is 0 Å². The lowest BCUT2D eigenvalue weighted by Crippen LogP contribution is -2.34. The molecule has 0 aliphatic heterocycles. The van der Waals surface area contributed by atoms with Crippen molar-refractivity contribution < 1.29 is 37.4 Å². The van der Waals surface area contributed by atoms with Crippen molar-refractivity contribution in [2.24, 2.45) is 23.3 Å². The van der Waals surface area contributed by atoms with Crippen LogP contribution in [0.3, 0.4) is 0 Å². The fourth-order valence-corrected chi connectivity index (χ4v) is 5.12. The lowest BCUT2D eigenvalue weighted by Gasteiger charge is -2.22. The van der Waals surface area contributed by atoms with Gasteiger partial charge in [-0.15, -0.1) is 12.4 Å². The molecule has 0 saturated heterocycles. The lowest BCUT2D eigenvalue weighted by molar-refractivity contribution is -0.146. The van der Waals surface area contributed by atoms with Crippen molar-refractivity contribution in [1.82, 2.24) is 19.5 Å². The highest BCUT2D eigenvalue weighted by Crippen LogP contribution is 2.48. The molecule has 0 unspecified atom stereocenters. The average Bonchev–Trinajstić information content (AvgIpc) is 3.31. The molecule has 0 amide bonds. The molecule has 0 aliphatic rings. The van der Waals surface area contributed by atoms with Gasteiger partial charge in [0, 0.05) is 0 Å². The minimum Gasteiger partial charge on any atom is -0.462 e. The summed E-state index contributed by atoms with van der Waals surface area (Å²) in [5.74, 6) is -0.458. The molecular weight excluding hydrogens is 593 g/mol. The van der Waals surface area contributed by atoms with Crippen molar-refractivity contribution in [3.8, 4) is 0 Å². The van der Waals surface area contributed by atoms with E-state index in [4.69, 9.17) is 40.5 Å². The van der Waals surface area contributed by atoms with Crippen LogP contribution in [0.4, 0.5) is 5.82 Å². The molecule has 2 aromatic rings. The standard InChI is InChI=1S/C25H44N7O8P.ClH/c1-16(2)10-19(26)24(33)36-6-8-39-41(35,40-9-7-37-25(34)20(27)11-17(3)4)15-38-18(5)12-32-14-31-21-22(28)29-13-30-23(21)32;/h13-14,16-20H,6-12,15,26-27H2,1-5H3,(H2,28,29,30);1H/t18-,19+,20+;/m1./s1. The van der Waals surface area contributed by atoms with Crippen LogP contribution in [0.15, 0.2) is 12.7 Å². The quantitative estimate of drug-likeness (QED) is 0.114. The molecule has 17 heteroatoms. The highest BCUT2D eigenvalue weighted by molar-refractivity contribution is 7.53. The second-order valence-electron chi connectivity index (χ2n) is 10.5. The van der Waals surface area contributed by atoms with Crippen molar-refractivity contribution in [3.05, 3.63) is 12.7 Å². The third kappa shape index (κ3) is 12.9. The predicted molar refractivity (Wildman–Crippen MR) is 159 cm³/mol. The van der Waals surface area contributed by atoms with E-state index in [-0.39, 0.29) is 56.5 Å². The normalized spacial score (nSPS) is 14.0. The number of nitrogen functional groups attached to an aromatic ring is 1. The third-order valence-corrected chi connectivity index (χ3v) is 7.31. The molecule has 0 bridgehead atoms. The maximum Gasteiger partial charge on any atom is 0.356 e. The van der Waals surface area contributed by atoms with E-state index in [1.807, 2.05) is 27.7 Å². The van der Waals surface area contributed by atoms with Crippen molar-refractivity contribution >= 4 is 48.9 Å². The van der Waals surface area contributed by atoms with Gasteiger partial charge >= 0.3 is 19.5 Å². The molecule has 0 fully saturated rings. The van der Waals surface area contributed by atoms with E-state index in [9.17, 15) is 14.2 Å². The van der Waals surface area contributed by atoms with Gasteiger partial charge in [0.15, 0.2) is 11.5 Å². The van der Waals surface area contributed by atoms with E-state index in [0.717, 1.165) is 0 Å². The Balaban J connectivity index is 0.00000882. The molecule has 2 rings (SSSR count). The Bertz CT molecular complexity index is 1130. The number of carbonyl (C=O) groups is 2. The summed E-state index contributed by atoms with van der Waals surface area (Å²) in [6, 6.07) is -1.53. The molecule has 0 aliphatic carbocycles. The molecule has 15 nitrogen and oxygen atoms in total. The molecular formula is C25H45ClN7O8P. The minimum absolute atomic E-state index is 0. The Morgan fingerprint density at radius 2 is 1.40 bits per heavy atom. The van der Waals surface area contributed by atoms with Crippen LogP contribution in [0.5, 0.6) is 0 Å². The number of nitrogens with zero attached hydrogens (tertiary/aromatic N) is 4. The SMILES string of the molecule is CC(C)C[C@H](N)C(=O)OCCOP(=O)(CO[C@H](C)Cn1cnc2c(N)ncnc21)OCCOC(=O)[C@@H](N)CC(C)C.Cl. The van der Waals surface area contributed by atoms with E-state index >= 15 is 0 Å². The molecule has 0 saturated carbocycles. The first kappa shape index (κ1) is 37.6. The number of esters is 2.